The number of ketones is 1. The number of H-pyrrole nitrogens is 1. The van der Waals surface area contributed by atoms with Crippen molar-refractivity contribution in [1.29, 1.82) is 0 Å². The van der Waals surface area contributed by atoms with Gasteiger partial charge in [0.1, 0.15) is 25.1 Å². The van der Waals surface area contributed by atoms with Crippen LogP contribution in [0.15, 0.2) is 61.3 Å². The summed E-state index contributed by atoms with van der Waals surface area (Å²) < 4.78 is 16.3. The molecule has 0 saturated carbocycles. The van der Waals surface area contributed by atoms with E-state index in [1.807, 2.05) is 44.2 Å². The number of nitrogens with one attached hydrogen (secondary N) is 3. The number of rotatable bonds is 7. The fourth-order valence-electron chi connectivity index (χ4n) is 5.63. The molecule has 1 aliphatic heterocycles. The number of likely N-dealkylation sites (tertiary alicyclic amines) is 1. The second-order valence-corrected chi connectivity index (χ2v) is 10.7. The third-order valence-electron chi connectivity index (χ3n) is 7.86. The highest BCUT2D eigenvalue weighted by atomic mass is 19.1. The van der Waals surface area contributed by atoms with Crippen LogP contribution in [0.25, 0.3) is 21.8 Å². The van der Waals surface area contributed by atoms with Gasteiger partial charge in [0.2, 0.25) is 11.8 Å². The van der Waals surface area contributed by atoms with Gasteiger partial charge in [-0.05, 0) is 62.7 Å². The molecule has 11 heteroatoms. The summed E-state index contributed by atoms with van der Waals surface area (Å²) in [5.41, 5.74) is 6.22. The summed E-state index contributed by atoms with van der Waals surface area (Å²) in [5, 5.41) is 7.74. The van der Waals surface area contributed by atoms with Crippen molar-refractivity contribution < 1.29 is 18.8 Å². The monoisotopic (exact) mass is 567 g/mol. The van der Waals surface area contributed by atoms with Gasteiger partial charge in [-0.15, -0.1) is 0 Å². The molecule has 5 aromatic rings. The van der Waals surface area contributed by atoms with E-state index in [2.05, 4.69) is 25.6 Å². The number of hydrogen-bond acceptors (Lipinski definition) is 6. The number of halogens is 1. The fraction of sp³-hybridized carbons (Fsp3) is 0.258. The maximum absolute atomic E-state index is 14.6. The second kappa shape index (κ2) is 10.7. The molecule has 2 aromatic carbocycles. The number of aryl methyl sites for hydroxylation is 2. The van der Waals surface area contributed by atoms with Crippen molar-refractivity contribution in [3.05, 3.63) is 78.1 Å². The molecule has 2 amide bonds. The van der Waals surface area contributed by atoms with Crippen molar-refractivity contribution in [1.82, 2.24) is 24.4 Å². The Morgan fingerprint density at radius 2 is 1.76 bits per heavy atom. The van der Waals surface area contributed by atoms with Gasteiger partial charge in [-0.3, -0.25) is 14.4 Å². The molecule has 0 bridgehead atoms. The van der Waals surface area contributed by atoms with Crippen molar-refractivity contribution in [3.63, 3.8) is 0 Å². The number of alkyl halides is 1. The normalized spacial score (nSPS) is 16.7. The number of carbonyl (C=O) groups excluding carboxylic acids is 3. The largest absolute Gasteiger partial charge is 0.358 e. The van der Waals surface area contributed by atoms with Crippen LogP contribution in [-0.2, 0) is 16.1 Å². The highest BCUT2D eigenvalue weighted by molar-refractivity contribution is 6.08. The Morgan fingerprint density at radius 1 is 1.02 bits per heavy atom. The van der Waals surface area contributed by atoms with Crippen LogP contribution in [0.4, 0.5) is 21.5 Å². The van der Waals surface area contributed by atoms with Crippen LogP contribution in [0.1, 0.15) is 35.0 Å². The zero-order chi connectivity index (χ0) is 29.5. The van der Waals surface area contributed by atoms with Crippen molar-refractivity contribution >= 4 is 56.5 Å². The van der Waals surface area contributed by atoms with Crippen molar-refractivity contribution in [3.8, 4) is 0 Å². The minimum atomic E-state index is -1.31. The van der Waals surface area contributed by atoms with E-state index in [0.29, 0.717) is 27.8 Å². The first-order valence-corrected chi connectivity index (χ1v) is 13.7. The van der Waals surface area contributed by atoms with Gasteiger partial charge in [-0.2, -0.15) is 0 Å². The minimum absolute atomic E-state index is 0.0779. The number of Topliss-reactive ketones (excluding diaryl/α,β-unsaturated/α-hetero) is 1. The molecule has 42 heavy (non-hydrogen) atoms. The van der Waals surface area contributed by atoms with Gasteiger partial charge in [0.25, 0.3) is 0 Å². The molecule has 6 rings (SSSR count). The number of nitrogens with zero attached hydrogens (tertiary/aromatic N) is 4. The molecule has 2 atom stereocenters. The summed E-state index contributed by atoms with van der Waals surface area (Å²) in [4.78, 5) is 51.9. The quantitative estimate of drug-likeness (QED) is 0.236. The minimum Gasteiger partial charge on any atom is -0.358 e. The lowest BCUT2D eigenvalue weighted by molar-refractivity contribution is -0.137. The third-order valence-corrected chi connectivity index (χ3v) is 7.86. The number of fused-ring (bicyclic) bond motifs is 2. The lowest BCUT2D eigenvalue weighted by atomic mass is 10.1. The first-order chi connectivity index (χ1) is 20.2. The van der Waals surface area contributed by atoms with E-state index in [1.54, 1.807) is 29.2 Å². The SMILES string of the molecule is CC(=O)c1cn(CC(=O)N2C[C@H](F)C[C@H]2C(=O)Nc2ccc3[nH]c(C)c(C)c3c2)c2ccc(Nc3cncnc3)cc12. The van der Waals surface area contributed by atoms with Gasteiger partial charge in [-0.25, -0.2) is 14.4 Å². The predicted octanol–water partition coefficient (Wildman–Crippen LogP) is 5.05. The number of aromatic nitrogens is 4. The Labute approximate surface area is 240 Å². The summed E-state index contributed by atoms with van der Waals surface area (Å²) in [6, 6.07) is 10.1. The fourth-order valence-corrected chi connectivity index (χ4v) is 5.63. The molecular formula is C31H30FN7O3. The Bertz CT molecular complexity index is 1850. The lowest BCUT2D eigenvalue weighted by Crippen LogP contribution is -2.44. The van der Waals surface area contributed by atoms with Crippen molar-refractivity contribution in [2.24, 2.45) is 0 Å². The van der Waals surface area contributed by atoms with E-state index >= 15 is 0 Å². The Balaban J connectivity index is 1.22. The molecule has 1 saturated heterocycles. The maximum atomic E-state index is 14.6. The van der Waals surface area contributed by atoms with Crippen LogP contribution in [0.3, 0.4) is 0 Å². The molecule has 0 spiro atoms. The first-order valence-electron chi connectivity index (χ1n) is 13.7. The van der Waals surface area contributed by atoms with E-state index in [1.165, 1.54) is 18.2 Å². The number of anilines is 3. The molecule has 1 fully saturated rings. The van der Waals surface area contributed by atoms with E-state index in [4.69, 9.17) is 0 Å². The van der Waals surface area contributed by atoms with Gasteiger partial charge in [0.15, 0.2) is 5.78 Å². The van der Waals surface area contributed by atoms with Gasteiger partial charge >= 0.3 is 0 Å². The number of carbonyl (C=O) groups is 3. The van der Waals surface area contributed by atoms with Crippen LogP contribution < -0.4 is 10.6 Å². The molecular weight excluding hydrogens is 537 g/mol. The molecule has 1 aliphatic rings. The predicted molar refractivity (Wildman–Crippen MR) is 159 cm³/mol. The van der Waals surface area contributed by atoms with Gasteiger partial charge in [-0.1, -0.05) is 0 Å². The molecule has 4 heterocycles. The summed E-state index contributed by atoms with van der Waals surface area (Å²) in [6.45, 7) is 5.14. The Morgan fingerprint density at radius 3 is 2.52 bits per heavy atom. The summed E-state index contributed by atoms with van der Waals surface area (Å²) in [7, 11) is 0. The van der Waals surface area contributed by atoms with Crippen LogP contribution >= 0.6 is 0 Å². The van der Waals surface area contributed by atoms with E-state index < -0.39 is 24.0 Å². The number of amides is 2. The zero-order valence-electron chi connectivity index (χ0n) is 23.4. The lowest BCUT2D eigenvalue weighted by Gasteiger charge is -2.24. The summed E-state index contributed by atoms with van der Waals surface area (Å²) in [5.74, 6) is -0.993. The number of aromatic amines is 1. The molecule has 0 aliphatic carbocycles. The summed E-state index contributed by atoms with van der Waals surface area (Å²) >= 11 is 0. The number of hydrogen-bond donors (Lipinski definition) is 3. The van der Waals surface area contributed by atoms with E-state index in [9.17, 15) is 18.8 Å². The molecule has 214 valence electrons. The van der Waals surface area contributed by atoms with Gasteiger partial charge in [0, 0.05) is 57.1 Å². The smallest absolute Gasteiger partial charge is 0.247 e. The van der Waals surface area contributed by atoms with Crippen LogP contribution in [0.5, 0.6) is 0 Å². The van der Waals surface area contributed by atoms with Crippen LogP contribution in [0, 0.1) is 13.8 Å². The Kier molecular flexibility index (Phi) is 6.93. The van der Waals surface area contributed by atoms with Gasteiger partial charge < -0.3 is 25.1 Å². The van der Waals surface area contributed by atoms with Crippen molar-refractivity contribution in [2.75, 3.05) is 17.2 Å². The topological polar surface area (TPSA) is 125 Å². The molecule has 3 N–H and O–H groups in total. The van der Waals surface area contributed by atoms with Crippen LogP contribution in [0.2, 0.25) is 0 Å². The molecule has 10 nitrogen and oxygen atoms in total. The van der Waals surface area contributed by atoms with E-state index in [-0.39, 0.29) is 25.3 Å². The second-order valence-electron chi connectivity index (χ2n) is 10.7. The molecule has 0 unspecified atom stereocenters. The van der Waals surface area contributed by atoms with Gasteiger partial charge in [0.05, 0.1) is 24.6 Å². The first kappa shape index (κ1) is 27.1. The Hall–Kier alpha value is -5.06. The highest BCUT2D eigenvalue weighted by Gasteiger charge is 2.40. The van der Waals surface area contributed by atoms with E-state index in [0.717, 1.165) is 27.8 Å². The average Bonchev–Trinajstić information content (AvgIpc) is 3.62. The molecule has 0 radical (unpaired) electrons. The average molecular weight is 568 g/mol. The maximum Gasteiger partial charge on any atom is 0.247 e. The zero-order valence-corrected chi connectivity index (χ0v) is 23.4. The summed E-state index contributed by atoms with van der Waals surface area (Å²) in [6.07, 6.45) is 4.94. The molecule has 3 aromatic heterocycles. The van der Waals surface area contributed by atoms with Crippen molar-refractivity contribution in [2.45, 2.75) is 46.0 Å². The highest BCUT2D eigenvalue weighted by Crippen LogP contribution is 2.29. The number of benzene rings is 2. The van der Waals surface area contributed by atoms with Crippen LogP contribution in [-0.4, -0.2) is 60.8 Å². The third kappa shape index (κ3) is 5.09. The standard InChI is InChI=1S/C31H30FN7O3/c1-17-18(2)35-27-6-4-22(9-24(17)27)37-31(42)29-8-20(32)13-39(29)30(41)15-38-14-26(19(3)40)25-10-21(5-7-28(25)38)36-23-11-33-16-34-12-23/h4-7,9-12,14,16,20,29,35-36H,8,13,15H2,1-3H3,(H,37,42)/t20-,29+/m1/s1.